The van der Waals surface area contributed by atoms with Crippen LogP contribution in [0.2, 0.25) is 0 Å². The molecule has 21 heavy (non-hydrogen) atoms. The molecule has 108 valence electrons. The summed E-state index contributed by atoms with van der Waals surface area (Å²) in [4.78, 5) is 24.9. The van der Waals surface area contributed by atoms with Crippen LogP contribution in [0.1, 0.15) is 0 Å². The predicted octanol–water partition coefficient (Wildman–Crippen LogP) is 2.87. The monoisotopic (exact) mass is 290 g/mol. The lowest BCUT2D eigenvalue weighted by molar-refractivity contribution is -0.385. The average molecular weight is 290 g/mol. The summed E-state index contributed by atoms with van der Waals surface area (Å²) in [6.07, 6.45) is 0. The molecule has 2 aromatic carbocycles. The number of nitro groups is 2. The molecule has 2 rings (SSSR count). The van der Waals surface area contributed by atoms with Crippen LogP contribution < -0.4 is 11.0 Å². The Bertz CT molecular complexity index is 584. The van der Waals surface area contributed by atoms with Crippen LogP contribution in [0, 0.1) is 20.2 Å². The second kappa shape index (κ2) is 6.30. The fourth-order valence-electron chi connectivity index (χ4n) is 1.45. The van der Waals surface area contributed by atoms with Crippen LogP contribution in [-0.4, -0.2) is 9.85 Å². The van der Waals surface area contributed by atoms with Gasteiger partial charge in [-0.15, -0.1) is 0 Å². The number of rotatable bonds is 6. The summed E-state index contributed by atoms with van der Waals surface area (Å²) in [7, 11) is 0. The van der Waals surface area contributed by atoms with Gasteiger partial charge in [0.2, 0.25) is 0 Å². The molecule has 9 heteroatoms. The molecule has 0 radical (unpaired) electrons. The zero-order valence-electron chi connectivity index (χ0n) is 10.6. The van der Waals surface area contributed by atoms with Gasteiger partial charge in [0.25, 0.3) is 11.4 Å². The first-order valence-electron chi connectivity index (χ1n) is 5.73. The van der Waals surface area contributed by atoms with Crippen molar-refractivity contribution < 1.29 is 14.8 Å². The molecular weight excluding hydrogens is 280 g/mol. The number of benzene rings is 2. The number of non-ortho nitro benzene ring substituents is 2. The maximum Gasteiger partial charge on any atom is 0.269 e. The van der Waals surface area contributed by atoms with Gasteiger partial charge in [-0.1, -0.05) is 0 Å². The van der Waals surface area contributed by atoms with Gasteiger partial charge in [-0.05, 0) is 24.3 Å². The highest BCUT2D eigenvalue weighted by Gasteiger charge is 2.05. The fourth-order valence-corrected chi connectivity index (χ4v) is 1.45. The van der Waals surface area contributed by atoms with E-state index in [0.29, 0.717) is 11.4 Å². The summed E-state index contributed by atoms with van der Waals surface area (Å²) in [5.74, 6) is 0. The molecule has 2 aromatic rings. The average Bonchev–Trinajstić information content (AvgIpc) is 2.48. The smallest absolute Gasteiger partial charge is 0.258 e. The van der Waals surface area contributed by atoms with Crippen molar-refractivity contribution in [1.82, 2.24) is 0 Å². The Labute approximate surface area is 118 Å². The van der Waals surface area contributed by atoms with Crippen molar-refractivity contribution >= 4 is 22.7 Å². The van der Waals surface area contributed by atoms with Crippen molar-refractivity contribution in [3.8, 4) is 0 Å². The molecule has 0 unspecified atom stereocenters. The van der Waals surface area contributed by atoms with E-state index in [1.165, 1.54) is 48.5 Å². The normalized spacial score (nSPS) is 9.90. The second-order valence-electron chi connectivity index (χ2n) is 3.91. The first kappa shape index (κ1) is 14.2. The van der Waals surface area contributed by atoms with Gasteiger partial charge in [0.15, 0.2) is 0 Å². The van der Waals surface area contributed by atoms with Gasteiger partial charge in [-0.3, -0.25) is 20.2 Å². The van der Waals surface area contributed by atoms with E-state index >= 15 is 0 Å². The molecule has 2 N–H and O–H groups in total. The summed E-state index contributed by atoms with van der Waals surface area (Å²) in [6.45, 7) is 0. The van der Waals surface area contributed by atoms with E-state index in [9.17, 15) is 20.2 Å². The summed E-state index contributed by atoms with van der Waals surface area (Å²) in [6, 6.07) is 11.3. The zero-order chi connectivity index (χ0) is 15.2. The molecule has 0 aliphatic carbocycles. The van der Waals surface area contributed by atoms with Crippen molar-refractivity contribution in [2.24, 2.45) is 0 Å². The fraction of sp³-hybridized carbons (Fsp3) is 0. The topological polar surface area (TPSA) is 120 Å². The Hall–Kier alpha value is -3.20. The number of nitrogens with zero attached hydrogens (tertiary/aromatic N) is 2. The van der Waals surface area contributed by atoms with Crippen LogP contribution in [0.3, 0.4) is 0 Å². The molecule has 0 bridgehead atoms. The van der Waals surface area contributed by atoms with Crippen LogP contribution in [0.5, 0.6) is 0 Å². The highest BCUT2D eigenvalue weighted by molar-refractivity contribution is 5.49. The third-order valence-electron chi connectivity index (χ3n) is 2.49. The molecule has 0 aliphatic rings. The van der Waals surface area contributed by atoms with Crippen molar-refractivity contribution in [3.63, 3.8) is 0 Å². The maximum absolute atomic E-state index is 10.5. The molecule has 0 heterocycles. The molecule has 0 saturated heterocycles. The Morgan fingerprint density at radius 3 is 1.33 bits per heavy atom. The van der Waals surface area contributed by atoms with Crippen molar-refractivity contribution in [2.45, 2.75) is 0 Å². The van der Waals surface area contributed by atoms with E-state index in [0.717, 1.165) is 0 Å². The lowest BCUT2D eigenvalue weighted by Crippen LogP contribution is -2.08. The third kappa shape index (κ3) is 3.88. The SMILES string of the molecule is O=[N+]([O-])c1ccc(NONc2ccc([N+](=O)[O-])cc2)cc1. The minimum absolute atomic E-state index is 0.0242. The molecule has 0 aliphatic heterocycles. The Kier molecular flexibility index (Phi) is 4.26. The second-order valence-corrected chi connectivity index (χ2v) is 3.91. The van der Waals surface area contributed by atoms with E-state index < -0.39 is 9.85 Å². The molecular formula is C12H10N4O5. The molecule has 0 spiro atoms. The van der Waals surface area contributed by atoms with E-state index in [2.05, 4.69) is 11.0 Å². The van der Waals surface area contributed by atoms with Crippen LogP contribution in [0.15, 0.2) is 48.5 Å². The quantitative estimate of drug-likeness (QED) is 0.619. The number of hydrogen-bond acceptors (Lipinski definition) is 7. The standard InChI is InChI=1S/C12H10N4O5/c17-15(18)11-5-1-9(2-6-11)13-21-14-10-3-7-12(8-4-10)16(19)20/h1-8,13-14H. The van der Waals surface area contributed by atoms with Crippen LogP contribution >= 0.6 is 0 Å². The molecule has 0 amide bonds. The van der Waals surface area contributed by atoms with Gasteiger partial charge < -0.3 is 0 Å². The van der Waals surface area contributed by atoms with Gasteiger partial charge in [0, 0.05) is 24.3 Å². The van der Waals surface area contributed by atoms with Gasteiger partial charge in [-0.25, -0.2) is 11.0 Å². The number of nitro benzene ring substituents is 2. The van der Waals surface area contributed by atoms with Gasteiger partial charge in [0.05, 0.1) is 21.2 Å². The minimum Gasteiger partial charge on any atom is -0.258 e. The highest BCUT2D eigenvalue weighted by atomic mass is 16.8. The van der Waals surface area contributed by atoms with Crippen LogP contribution in [0.4, 0.5) is 22.7 Å². The Balaban J connectivity index is 1.86. The van der Waals surface area contributed by atoms with E-state index in [1.54, 1.807) is 0 Å². The molecule has 9 nitrogen and oxygen atoms in total. The summed E-state index contributed by atoms with van der Waals surface area (Å²) < 4.78 is 0. The number of anilines is 2. The summed E-state index contributed by atoms with van der Waals surface area (Å²) in [5, 5.41) is 21.0. The summed E-state index contributed by atoms with van der Waals surface area (Å²) >= 11 is 0. The van der Waals surface area contributed by atoms with Gasteiger partial charge >= 0.3 is 0 Å². The van der Waals surface area contributed by atoms with Gasteiger partial charge in [-0.2, -0.15) is 4.94 Å². The number of hydrogen-bond donors (Lipinski definition) is 2. The van der Waals surface area contributed by atoms with Crippen LogP contribution in [-0.2, 0) is 4.94 Å². The maximum atomic E-state index is 10.5. The highest BCUT2D eigenvalue weighted by Crippen LogP contribution is 2.17. The third-order valence-corrected chi connectivity index (χ3v) is 2.49. The van der Waals surface area contributed by atoms with E-state index in [-0.39, 0.29) is 11.4 Å². The lowest BCUT2D eigenvalue weighted by atomic mass is 10.3. The van der Waals surface area contributed by atoms with Crippen molar-refractivity contribution in [1.29, 1.82) is 0 Å². The first-order chi connectivity index (χ1) is 10.1. The molecule has 0 saturated carbocycles. The first-order valence-corrected chi connectivity index (χ1v) is 5.73. The van der Waals surface area contributed by atoms with E-state index in [1.807, 2.05) is 0 Å². The van der Waals surface area contributed by atoms with Crippen LogP contribution in [0.25, 0.3) is 0 Å². The lowest BCUT2D eigenvalue weighted by Gasteiger charge is -2.08. The van der Waals surface area contributed by atoms with Crippen molar-refractivity contribution in [3.05, 3.63) is 68.8 Å². The van der Waals surface area contributed by atoms with E-state index in [4.69, 9.17) is 4.94 Å². The molecule has 0 fully saturated rings. The zero-order valence-corrected chi connectivity index (χ0v) is 10.6. The van der Waals surface area contributed by atoms with Crippen molar-refractivity contribution in [2.75, 3.05) is 11.0 Å². The predicted molar refractivity (Wildman–Crippen MR) is 74.5 cm³/mol. The minimum atomic E-state index is -0.500. The largest absolute Gasteiger partial charge is 0.269 e. The molecule has 0 atom stereocenters. The summed E-state index contributed by atoms with van der Waals surface area (Å²) in [5.41, 5.74) is 6.03. The Morgan fingerprint density at radius 1 is 0.714 bits per heavy atom. The molecule has 0 aromatic heterocycles. The van der Waals surface area contributed by atoms with Gasteiger partial charge in [0.1, 0.15) is 0 Å². The number of nitrogens with one attached hydrogen (secondary N) is 2. The Morgan fingerprint density at radius 2 is 1.05 bits per heavy atom.